The Morgan fingerprint density at radius 1 is 1.29 bits per heavy atom. The van der Waals surface area contributed by atoms with Crippen molar-refractivity contribution in [2.75, 3.05) is 19.6 Å². The van der Waals surface area contributed by atoms with Crippen molar-refractivity contribution in [2.24, 2.45) is 5.73 Å². The number of ether oxygens (including phenoxy) is 1. The highest BCUT2D eigenvalue weighted by atomic mass is 32.2. The van der Waals surface area contributed by atoms with Crippen LogP contribution in [0.5, 0.6) is 5.75 Å². The molecule has 1 aromatic rings. The van der Waals surface area contributed by atoms with Gasteiger partial charge in [-0.1, -0.05) is 6.42 Å². The average Bonchev–Trinajstić information content (AvgIpc) is 2.92. The Labute approximate surface area is 126 Å². The SMILES string of the molecule is Cc1cc(S(=O)(=O)N2CCCCC2)cc2c1OC(CN)C2. The van der Waals surface area contributed by atoms with E-state index in [9.17, 15) is 8.42 Å². The van der Waals surface area contributed by atoms with Crippen LogP contribution in [0.3, 0.4) is 0 Å². The van der Waals surface area contributed by atoms with Crippen molar-refractivity contribution in [3.63, 3.8) is 0 Å². The molecule has 1 aromatic carbocycles. The second-order valence-corrected chi connectivity index (χ2v) is 7.81. The van der Waals surface area contributed by atoms with Gasteiger partial charge >= 0.3 is 0 Å². The number of hydrogen-bond donors (Lipinski definition) is 1. The van der Waals surface area contributed by atoms with E-state index in [1.807, 2.05) is 6.92 Å². The zero-order chi connectivity index (χ0) is 15.0. The van der Waals surface area contributed by atoms with Crippen LogP contribution >= 0.6 is 0 Å². The zero-order valence-corrected chi connectivity index (χ0v) is 13.2. The van der Waals surface area contributed by atoms with Crippen LogP contribution in [0.4, 0.5) is 0 Å². The molecule has 6 heteroatoms. The van der Waals surface area contributed by atoms with Crippen molar-refractivity contribution in [2.45, 2.75) is 43.6 Å². The van der Waals surface area contributed by atoms with Crippen LogP contribution in [0.25, 0.3) is 0 Å². The number of benzene rings is 1. The maximum absolute atomic E-state index is 12.8. The molecule has 1 saturated heterocycles. The normalized spacial score (nSPS) is 22.9. The van der Waals surface area contributed by atoms with Gasteiger partial charge in [0.15, 0.2) is 0 Å². The zero-order valence-electron chi connectivity index (χ0n) is 12.3. The fourth-order valence-corrected chi connectivity index (χ4v) is 4.77. The Bertz CT molecular complexity index is 637. The van der Waals surface area contributed by atoms with E-state index in [0.717, 1.165) is 36.1 Å². The van der Waals surface area contributed by atoms with Crippen molar-refractivity contribution in [1.82, 2.24) is 4.31 Å². The second kappa shape index (κ2) is 5.59. The minimum absolute atomic E-state index is 0.0355. The van der Waals surface area contributed by atoms with E-state index in [4.69, 9.17) is 10.5 Å². The summed E-state index contributed by atoms with van der Waals surface area (Å²) in [7, 11) is -3.38. The highest BCUT2D eigenvalue weighted by Crippen LogP contribution is 2.35. The molecule has 2 heterocycles. The summed E-state index contributed by atoms with van der Waals surface area (Å²) < 4.78 is 32.9. The van der Waals surface area contributed by atoms with Crippen molar-refractivity contribution in [3.05, 3.63) is 23.3 Å². The Morgan fingerprint density at radius 3 is 2.67 bits per heavy atom. The van der Waals surface area contributed by atoms with Gasteiger partial charge in [0.1, 0.15) is 11.9 Å². The Morgan fingerprint density at radius 2 is 2.00 bits per heavy atom. The number of nitrogens with zero attached hydrogens (tertiary/aromatic N) is 1. The minimum Gasteiger partial charge on any atom is -0.488 e. The van der Waals surface area contributed by atoms with Crippen molar-refractivity contribution in [3.8, 4) is 5.75 Å². The first-order chi connectivity index (χ1) is 10.0. The number of piperidine rings is 1. The number of aryl methyl sites for hydroxylation is 1. The molecule has 1 unspecified atom stereocenters. The summed E-state index contributed by atoms with van der Waals surface area (Å²) in [6.45, 7) is 3.59. The van der Waals surface area contributed by atoms with Crippen molar-refractivity contribution >= 4 is 10.0 Å². The molecule has 2 N–H and O–H groups in total. The Hall–Kier alpha value is -1.11. The third kappa shape index (κ3) is 2.67. The third-order valence-corrected chi connectivity index (χ3v) is 6.15. The third-order valence-electron chi connectivity index (χ3n) is 4.27. The van der Waals surface area contributed by atoms with Crippen LogP contribution in [-0.4, -0.2) is 38.5 Å². The summed E-state index contributed by atoms with van der Waals surface area (Å²) in [6.07, 6.45) is 3.66. The van der Waals surface area contributed by atoms with Gasteiger partial charge in [0.05, 0.1) is 4.90 Å². The number of sulfonamides is 1. The molecule has 0 amide bonds. The summed E-state index contributed by atoms with van der Waals surface area (Å²) in [5, 5.41) is 0. The summed E-state index contributed by atoms with van der Waals surface area (Å²) in [6, 6.07) is 3.49. The Balaban J connectivity index is 1.95. The first-order valence-electron chi connectivity index (χ1n) is 7.53. The van der Waals surface area contributed by atoms with Crippen LogP contribution in [-0.2, 0) is 16.4 Å². The lowest BCUT2D eigenvalue weighted by Gasteiger charge is -2.26. The van der Waals surface area contributed by atoms with Crippen LogP contribution in [0.15, 0.2) is 17.0 Å². The monoisotopic (exact) mass is 310 g/mol. The molecule has 3 rings (SSSR count). The van der Waals surface area contributed by atoms with Gasteiger partial charge in [-0.25, -0.2) is 8.42 Å². The molecule has 0 saturated carbocycles. The smallest absolute Gasteiger partial charge is 0.243 e. The first kappa shape index (κ1) is 14.8. The summed E-state index contributed by atoms with van der Waals surface area (Å²) in [5.41, 5.74) is 7.49. The number of rotatable bonds is 3. The molecule has 1 atom stereocenters. The lowest BCUT2D eigenvalue weighted by molar-refractivity contribution is 0.240. The van der Waals surface area contributed by atoms with Gasteiger partial charge in [0.25, 0.3) is 0 Å². The van der Waals surface area contributed by atoms with Gasteiger partial charge in [0.2, 0.25) is 10.0 Å². The predicted octanol–water partition coefficient (Wildman–Crippen LogP) is 1.43. The van der Waals surface area contributed by atoms with E-state index in [1.165, 1.54) is 0 Å². The molecule has 21 heavy (non-hydrogen) atoms. The van der Waals surface area contributed by atoms with Crippen molar-refractivity contribution < 1.29 is 13.2 Å². The standard InChI is InChI=1S/C15H22N2O3S/c1-11-7-14(9-12-8-13(10-16)20-15(11)12)21(18,19)17-5-3-2-4-6-17/h7,9,13H,2-6,8,10,16H2,1H3. The van der Waals surface area contributed by atoms with Gasteiger partial charge in [-0.2, -0.15) is 4.31 Å². The highest BCUT2D eigenvalue weighted by molar-refractivity contribution is 7.89. The maximum Gasteiger partial charge on any atom is 0.243 e. The quantitative estimate of drug-likeness (QED) is 0.917. The second-order valence-electron chi connectivity index (χ2n) is 5.87. The summed E-state index contributed by atoms with van der Waals surface area (Å²) in [4.78, 5) is 0.391. The first-order valence-corrected chi connectivity index (χ1v) is 8.97. The molecule has 1 fully saturated rings. The van der Waals surface area contributed by atoms with E-state index < -0.39 is 10.0 Å². The molecule has 0 spiro atoms. The molecule has 116 valence electrons. The topological polar surface area (TPSA) is 72.6 Å². The van der Waals surface area contributed by atoms with Crippen LogP contribution in [0.2, 0.25) is 0 Å². The van der Waals surface area contributed by atoms with Crippen molar-refractivity contribution in [1.29, 1.82) is 0 Å². The minimum atomic E-state index is -3.38. The van der Waals surface area contributed by atoms with Gasteiger partial charge in [0, 0.05) is 26.1 Å². The molecule has 2 aliphatic rings. The Kier molecular flexibility index (Phi) is 3.94. The number of hydrogen-bond acceptors (Lipinski definition) is 4. The molecule has 0 aromatic heterocycles. The molecule has 0 radical (unpaired) electrons. The van der Waals surface area contributed by atoms with E-state index in [-0.39, 0.29) is 6.10 Å². The van der Waals surface area contributed by atoms with Crippen LogP contribution in [0.1, 0.15) is 30.4 Å². The molecular formula is C15H22N2O3S. The van der Waals surface area contributed by atoms with Gasteiger partial charge in [-0.15, -0.1) is 0 Å². The highest BCUT2D eigenvalue weighted by Gasteiger charge is 2.30. The van der Waals surface area contributed by atoms with Gasteiger partial charge in [-0.05, 0) is 43.0 Å². The fourth-order valence-electron chi connectivity index (χ4n) is 3.12. The van der Waals surface area contributed by atoms with E-state index in [2.05, 4.69) is 0 Å². The lowest BCUT2D eigenvalue weighted by atomic mass is 10.1. The van der Waals surface area contributed by atoms with Crippen LogP contribution < -0.4 is 10.5 Å². The molecule has 5 nitrogen and oxygen atoms in total. The van der Waals surface area contributed by atoms with Crippen LogP contribution in [0, 0.1) is 6.92 Å². The van der Waals surface area contributed by atoms with E-state index in [0.29, 0.717) is 31.0 Å². The molecular weight excluding hydrogens is 288 g/mol. The molecule has 0 bridgehead atoms. The molecule has 2 aliphatic heterocycles. The predicted molar refractivity (Wildman–Crippen MR) is 81.0 cm³/mol. The van der Waals surface area contributed by atoms with Gasteiger partial charge in [-0.3, -0.25) is 0 Å². The summed E-state index contributed by atoms with van der Waals surface area (Å²) >= 11 is 0. The lowest BCUT2D eigenvalue weighted by Crippen LogP contribution is -2.35. The summed E-state index contributed by atoms with van der Waals surface area (Å²) in [5.74, 6) is 0.808. The largest absolute Gasteiger partial charge is 0.488 e. The van der Waals surface area contributed by atoms with Gasteiger partial charge < -0.3 is 10.5 Å². The molecule has 0 aliphatic carbocycles. The number of fused-ring (bicyclic) bond motifs is 1. The number of nitrogens with two attached hydrogens (primary N) is 1. The van der Waals surface area contributed by atoms with E-state index >= 15 is 0 Å². The maximum atomic E-state index is 12.8. The fraction of sp³-hybridized carbons (Fsp3) is 0.600. The van der Waals surface area contributed by atoms with E-state index in [1.54, 1.807) is 16.4 Å². The average molecular weight is 310 g/mol.